The fourth-order valence-corrected chi connectivity index (χ4v) is 3.62. The molecule has 8 heteroatoms. The van der Waals surface area contributed by atoms with Crippen molar-refractivity contribution in [1.82, 2.24) is 15.3 Å². The molecule has 3 atom stereocenters. The summed E-state index contributed by atoms with van der Waals surface area (Å²) >= 11 is 0. The Hall–Kier alpha value is -1.41. The number of nitrogens with two attached hydrogens (primary N) is 1. The Morgan fingerprint density at radius 2 is 1.88 bits per heavy atom. The lowest BCUT2D eigenvalue weighted by Crippen LogP contribution is -2.55. The third-order valence-electron chi connectivity index (χ3n) is 4.94. The third-order valence-corrected chi connectivity index (χ3v) is 4.94. The van der Waals surface area contributed by atoms with Gasteiger partial charge >= 0.3 is 6.18 Å². The van der Waals surface area contributed by atoms with Gasteiger partial charge in [0.05, 0.1) is 12.4 Å². The van der Waals surface area contributed by atoms with Gasteiger partial charge in [-0.15, -0.1) is 0 Å². The molecular weight excluding hydrogens is 319 g/mol. The quantitative estimate of drug-likeness (QED) is 0.882. The lowest BCUT2D eigenvalue weighted by atomic mass is 9.90. The summed E-state index contributed by atoms with van der Waals surface area (Å²) in [5.74, 6) is 0.502. The van der Waals surface area contributed by atoms with Gasteiger partial charge in [0.2, 0.25) is 0 Å². The Bertz CT molecular complexity index is 534. The Morgan fingerprint density at radius 1 is 1.08 bits per heavy atom. The monoisotopic (exact) mass is 343 g/mol. The van der Waals surface area contributed by atoms with E-state index in [4.69, 9.17) is 5.73 Å². The number of rotatable bonds is 3. The highest BCUT2D eigenvalue weighted by Gasteiger charge is 2.33. The standard InChI is InChI=1S/C16H24F3N5/c17-16(18,19)14-8-22-15(9-21-14)24-7-3-4-11(10-24)23-13-6-2-1-5-12(13)20/h8-9,11-13,23H,1-7,10,20H2/t11-,12?,13?/m0/s1. The van der Waals surface area contributed by atoms with E-state index < -0.39 is 11.9 Å². The van der Waals surface area contributed by atoms with Crippen LogP contribution in [0.2, 0.25) is 0 Å². The van der Waals surface area contributed by atoms with Crippen LogP contribution in [-0.2, 0) is 6.18 Å². The second kappa shape index (κ2) is 7.23. The molecule has 2 heterocycles. The van der Waals surface area contributed by atoms with Crippen molar-refractivity contribution in [3.63, 3.8) is 0 Å². The van der Waals surface area contributed by atoms with Gasteiger partial charge in [0.25, 0.3) is 0 Å². The lowest BCUT2D eigenvalue weighted by Gasteiger charge is -2.38. The van der Waals surface area contributed by atoms with Gasteiger partial charge in [-0.05, 0) is 25.7 Å². The SMILES string of the molecule is NC1CCCCC1N[C@H]1CCCN(c2cnc(C(F)(F)F)cn2)C1. The Morgan fingerprint density at radius 3 is 2.54 bits per heavy atom. The summed E-state index contributed by atoms with van der Waals surface area (Å²) in [5.41, 5.74) is 5.24. The van der Waals surface area contributed by atoms with E-state index in [1.165, 1.54) is 19.0 Å². The van der Waals surface area contributed by atoms with E-state index in [1.54, 1.807) is 0 Å². The molecule has 0 bridgehead atoms. The smallest absolute Gasteiger partial charge is 0.354 e. The van der Waals surface area contributed by atoms with Crippen molar-refractivity contribution in [2.24, 2.45) is 5.73 Å². The molecule has 24 heavy (non-hydrogen) atoms. The minimum Gasteiger partial charge on any atom is -0.354 e. The molecule has 1 aromatic rings. The number of alkyl halides is 3. The summed E-state index contributed by atoms with van der Waals surface area (Å²) in [6.45, 7) is 1.51. The molecule has 0 spiro atoms. The zero-order valence-electron chi connectivity index (χ0n) is 13.6. The topological polar surface area (TPSA) is 67.1 Å². The van der Waals surface area contributed by atoms with Crippen molar-refractivity contribution in [2.75, 3.05) is 18.0 Å². The van der Waals surface area contributed by atoms with Crippen LogP contribution in [0.4, 0.5) is 19.0 Å². The van der Waals surface area contributed by atoms with E-state index in [2.05, 4.69) is 15.3 Å². The first kappa shape index (κ1) is 17.4. The lowest BCUT2D eigenvalue weighted by molar-refractivity contribution is -0.141. The van der Waals surface area contributed by atoms with Gasteiger partial charge in [-0.2, -0.15) is 13.2 Å². The molecule has 5 nitrogen and oxygen atoms in total. The summed E-state index contributed by atoms with van der Waals surface area (Å²) in [5, 5.41) is 3.65. The third kappa shape index (κ3) is 4.16. The zero-order valence-corrected chi connectivity index (χ0v) is 13.6. The normalized spacial score (nSPS) is 28.8. The molecule has 1 aliphatic carbocycles. The average Bonchev–Trinajstić information content (AvgIpc) is 2.57. The molecule has 1 aromatic heterocycles. The highest BCUT2D eigenvalue weighted by atomic mass is 19.4. The molecule has 0 amide bonds. The summed E-state index contributed by atoms with van der Waals surface area (Å²) in [7, 11) is 0. The predicted molar refractivity (Wildman–Crippen MR) is 85.6 cm³/mol. The first-order valence-corrected chi connectivity index (χ1v) is 8.59. The van der Waals surface area contributed by atoms with Crippen LogP contribution < -0.4 is 16.0 Å². The molecule has 2 aliphatic rings. The van der Waals surface area contributed by atoms with Crippen LogP contribution in [-0.4, -0.2) is 41.2 Å². The molecular formula is C16H24F3N5. The van der Waals surface area contributed by atoms with Crippen molar-refractivity contribution in [1.29, 1.82) is 0 Å². The summed E-state index contributed by atoms with van der Waals surface area (Å²) in [6.07, 6.45) is 4.14. The van der Waals surface area contributed by atoms with Gasteiger partial charge in [0.15, 0.2) is 5.69 Å². The van der Waals surface area contributed by atoms with Crippen molar-refractivity contribution in [3.05, 3.63) is 18.1 Å². The molecule has 134 valence electrons. The second-order valence-electron chi connectivity index (χ2n) is 6.76. The van der Waals surface area contributed by atoms with E-state index >= 15 is 0 Å². The van der Waals surface area contributed by atoms with E-state index in [-0.39, 0.29) is 12.1 Å². The fraction of sp³-hybridized carbons (Fsp3) is 0.750. The van der Waals surface area contributed by atoms with Crippen LogP contribution in [0.25, 0.3) is 0 Å². The Balaban J connectivity index is 1.60. The average molecular weight is 343 g/mol. The summed E-state index contributed by atoms with van der Waals surface area (Å²) in [6, 6.07) is 0.819. The van der Waals surface area contributed by atoms with Gasteiger partial charge < -0.3 is 16.0 Å². The highest BCUT2D eigenvalue weighted by molar-refractivity contribution is 5.37. The van der Waals surface area contributed by atoms with Crippen LogP contribution in [0.3, 0.4) is 0 Å². The van der Waals surface area contributed by atoms with Crippen molar-refractivity contribution < 1.29 is 13.2 Å². The van der Waals surface area contributed by atoms with Gasteiger partial charge in [-0.3, -0.25) is 0 Å². The van der Waals surface area contributed by atoms with Crippen LogP contribution in [0.1, 0.15) is 44.2 Å². The minimum absolute atomic E-state index is 0.194. The summed E-state index contributed by atoms with van der Waals surface area (Å²) < 4.78 is 37.7. The molecule has 1 saturated heterocycles. The molecule has 2 unspecified atom stereocenters. The van der Waals surface area contributed by atoms with Gasteiger partial charge in [0.1, 0.15) is 5.82 Å². The van der Waals surface area contributed by atoms with Crippen LogP contribution in [0, 0.1) is 0 Å². The van der Waals surface area contributed by atoms with E-state index in [0.717, 1.165) is 45.0 Å². The number of nitrogens with zero attached hydrogens (tertiary/aromatic N) is 3. The molecule has 3 N–H and O–H groups in total. The molecule has 1 saturated carbocycles. The van der Waals surface area contributed by atoms with E-state index in [9.17, 15) is 13.2 Å². The maximum Gasteiger partial charge on any atom is 0.434 e. The number of anilines is 1. The van der Waals surface area contributed by atoms with Gasteiger partial charge in [0, 0.05) is 31.2 Å². The Labute approximate surface area is 139 Å². The molecule has 3 rings (SSSR count). The van der Waals surface area contributed by atoms with Crippen LogP contribution in [0.15, 0.2) is 12.4 Å². The van der Waals surface area contributed by atoms with Gasteiger partial charge in [-0.25, -0.2) is 9.97 Å². The molecule has 0 radical (unpaired) electrons. The van der Waals surface area contributed by atoms with Crippen molar-refractivity contribution in [3.8, 4) is 0 Å². The van der Waals surface area contributed by atoms with Crippen LogP contribution in [0.5, 0.6) is 0 Å². The van der Waals surface area contributed by atoms with Crippen molar-refractivity contribution >= 4 is 5.82 Å². The fourth-order valence-electron chi connectivity index (χ4n) is 3.62. The Kier molecular flexibility index (Phi) is 5.24. The maximum atomic E-state index is 12.6. The second-order valence-corrected chi connectivity index (χ2v) is 6.76. The molecule has 2 fully saturated rings. The minimum atomic E-state index is -4.45. The van der Waals surface area contributed by atoms with E-state index in [0.29, 0.717) is 11.9 Å². The van der Waals surface area contributed by atoms with Crippen LogP contribution >= 0.6 is 0 Å². The van der Waals surface area contributed by atoms with Gasteiger partial charge in [-0.1, -0.05) is 12.8 Å². The number of hydrogen-bond acceptors (Lipinski definition) is 5. The zero-order chi connectivity index (χ0) is 17.2. The number of nitrogens with one attached hydrogen (secondary N) is 1. The first-order chi connectivity index (χ1) is 11.4. The predicted octanol–water partition coefficient (Wildman–Crippen LogP) is 2.32. The number of aromatic nitrogens is 2. The van der Waals surface area contributed by atoms with E-state index in [1.807, 2.05) is 4.90 Å². The number of piperidine rings is 1. The number of hydrogen-bond donors (Lipinski definition) is 2. The maximum absolute atomic E-state index is 12.6. The largest absolute Gasteiger partial charge is 0.434 e. The molecule has 0 aromatic carbocycles. The first-order valence-electron chi connectivity index (χ1n) is 8.59. The highest BCUT2D eigenvalue weighted by Crippen LogP contribution is 2.28. The van der Waals surface area contributed by atoms with Crippen molar-refractivity contribution in [2.45, 2.75) is 62.8 Å². The number of halogens is 3. The summed E-state index contributed by atoms with van der Waals surface area (Å²) in [4.78, 5) is 9.47. The molecule has 1 aliphatic heterocycles.